The molecule has 2 fully saturated rings. The van der Waals surface area contributed by atoms with Crippen molar-refractivity contribution in [1.29, 1.82) is 0 Å². The summed E-state index contributed by atoms with van der Waals surface area (Å²) in [7, 11) is 0. The van der Waals surface area contributed by atoms with E-state index in [1.807, 2.05) is 24.3 Å². The molecule has 1 saturated heterocycles. The van der Waals surface area contributed by atoms with E-state index in [0.717, 1.165) is 38.5 Å². The number of aryl methyl sites for hydroxylation is 1. The van der Waals surface area contributed by atoms with Crippen LogP contribution in [0.1, 0.15) is 60.5 Å². The summed E-state index contributed by atoms with van der Waals surface area (Å²) in [6.45, 7) is 4.43. The Morgan fingerprint density at radius 1 is 1.12 bits per heavy atom. The number of likely N-dealkylation sites (tertiary alicyclic amines) is 1. The molecule has 5 rings (SSSR count). The minimum atomic E-state index is -4.51. The smallest absolute Gasteiger partial charge is 0.324 e. The molecule has 2 aromatic heterocycles. The largest absolute Gasteiger partial charge is 0.417 e. The number of halogens is 3. The Hall–Kier alpha value is -2.94. The molecular weight excluding hydrogens is 443 g/mol. The Balaban J connectivity index is 1.32. The molecule has 0 unspecified atom stereocenters. The maximum absolute atomic E-state index is 13.8. The molecular formula is C25H28F3N5O. The number of hydrogen-bond acceptors (Lipinski definition) is 4. The van der Waals surface area contributed by atoms with Crippen LogP contribution < -0.4 is 5.32 Å². The van der Waals surface area contributed by atoms with Crippen molar-refractivity contribution in [2.24, 2.45) is 0 Å². The third kappa shape index (κ3) is 4.94. The molecule has 0 spiro atoms. The number of amides is 1. The molecule has 0 bridgehead atoms. The van der Waals surface area contributed by atoms with Crippen LogP contribution in [0.2, 0.25) is 0 Å². The Labute approximate surface area is 196 Å². The van der Waals surface area contributed by atoms with Gasteiger partial charge < -0.3 is 5.32 Å². The molecule has 180 valence electrons. The van der Waals surface area contributed by atoms with Crippen molar-refractivity contribution in [3.05, 3.63) is 52.8 Å². The second-order valence-electron chi connectivity index (χ2n) is 9.39. The fourth-order valence-electron chi connectivity index (χ4n) is 4.70. The molecule has 1 amide bonds. The summed E-state index contributed by atoms with van der Waals surface area (Å²) < 4.78 is 42.5. The number of aromatic nitrogens is 3. The number of nitrogens with zero attached hydrogens (tertiary/aromatic N) is 4. The van der Waals surface area contributed by atoms with Gasteiger partial charge in [0.25, 0.3) is 0 Å². The van der Waals surface area contributed by atoms with E-state index in [9.17, 15) is 18.0 Å². The third-order valence-corrected chi connectivity index (χ3v) is 6.58. The van der Waals surface area contributed by atoms with E-state index in [4.69, 9.17) is 0 Å². The lowest BCUT2D eigenvalue weighted by molar-refractivity contribution is -0.136. The van der Waals surface area contributed by atoms with Gasteiger partial charge in [0.2, 0.25) is 5.91 Å². The first-order valence-corrected chi connectivity index (χ1v) is 11.8. The lowest BCUT2D eigenvalue weighted by Gasteiger charge is -2.26. The predicted molar refractivity (Wildman–Crippen MR) is 123 cm³/mol. The SMILES string of the molecule is Cc1nn(CC(=O)Nc2ccc(CN3CCCCC3)cc2)c2nc(C3CC3)cc(C(F)(F)F)c12. The number of carbonyl (C=O) groups is 1. The lowest BCUT2D eigenvalue weighted by atomic mass is 10.1. The van der Waals surface area contributed by atoms with Crippen LogP contribution in [0.5, 0.6) is 0 Å². The van der Waals surface area contributed by atoms with Crippen molar-refractivity contribution in [2.45, 2.75) is 64.2 Å². The van der Waals surface area contributed by atoms with Crippen molar-refractivity contribution in [3.63, 3.8) is 0 Å². The van der Waals surface area contributed by atoms with Crippen LogP contribution in [-0.4, -0.2) is 38.7 Å². The molecule has 3 heterocycles. The monoisotopic (exact) mass is 471 g/mol. The Kier molecular flexibility index (Phi) is 6.06. The van der Waals surface area contributed by atoms with Gasteiger partial charge in [-0.15, -0.1) is 0 Å². The summed E-state index contributed by atoms with van der Waals surface area (Å²) in [6.07, 6.45) is 0.909. The normalized spacial score (nSPS) is 17.3. The van der Waals surface area contributed by atoms with Crippen LogP contribution in [0, 0.1) is 6.92 Å². The number of anilines is 1. The Bertz CT molecular complexity index is 1190. The molecule has 1 aliphatic heterocycles. The van der Waals surface area contributed by atoms with Gasteiger partial charge in [0.05, 0.1) is 16.6 Å². The van der Waals surface area contributed by atoms with Gasteiger partial charge in [0.15, 0.2) is 5.65 Å². The van der Waals surface area contributed by atoms with E-state index < -0.39 is 11.7 Å². The zero-order valence-corrected chi connectivity index (χ0v) is 19.2. The second kappa shape index (κ2) is 9.02. The van der Waals surface area contributed by atoms with Crippen LogP contribution in [-0.2, 0) is 24.1 Å². The van der Waals surface area contributed by atoms with Crippen LogP contribution in [0.4, 0.5) is 18.9 Å². The standard InChI is InChI=1S/C25H28F3N5O/c1-16-23-20(25(26,27)28)13-21(18-7-8-18)30-24(23)33(31-16)15-22(34)29-19-9-5-17(6-10-19)14-32-11-3-2-4-12-32/h5-6,9-10,13,18H,2-4,7-8,11-12,14-15H2,1H3,(H,29,34). The van der Waals surface area contributed by atoms with Crippen molar-refractivity contribution >= 4 is 22.6 Å². The van der Waals surface area contributed by atoms with Crippen molar-refractivity contribution in [2.75, 3.05) is 18.4 Å². The molecule has 2 aliphatic rings. The van der Waals surface area contributed by atoms with Crippen molar-refractivity contribution < 1.29 is 18.0 Å². The molecule has 1 saturated carbocycles. The Morgan fingerprint density at radius 2 is 1.82 bits per heavy atom. The van der Waals surface area contributed by atoms with Gasteiger partial charge in [-0.1, -0.05) is 18.6 Å². The van der Waals surface area contributed by atoms with E-state index in [2.05, 4.69) is 20.3 Å². The molecule has 9 heteroatoms. The summed E-state index contributed by atoms with van der Waals surface area (Å²) in [5.74, 6) is -0.313. The van der Waals surface area contributed by atoms with Crippen molar-refractivity contribution in [1.82, 2.24) is 19.7 Å². The summed E-state index contributed by atoms with van der Waals surface area (Å²) in [4.78, 5) is 19.6. The number of alkyl halides is 3. The molecule has 1 aromatic carbocycles. The first-order valence-electron chi connectivity index (χ1n) is 11.8. The molecule has 0 atom stereocenters. The van der Waals surface area contributed by atoms with E-state index >= 15 is 0 Å². The minimum absolute atomic E-state index is 0.0354. The fraction of sp³-hybridized carbons (Fsp3) is 0.480. The first-order chi connectivity index (χ1) is 16.3. The van der Waals surface area contributed by atoms with Gasteiger partial charge in [-0.05, 0) is 69.5 Å². The third-order valence-electron chi connectivity index (χ3n) is 6.58. The number of fused-ring (bicyclic) bond motifs is 1. The first kappa shape index (κ1) is 22.8. The van der Waals surface area contributed by atoms with E-state index in [1.54, 1.807) is 0 Å². The number of hydrogen-bond donors (Lipinski definition) is 1. The quantitative estimate of drug-likeness (QED) is 0.533. The molecule has 6 nitrogen and oxygen atoms in total. The van der Waals surface area contributed by atoms with E-state index in [0.29, 0.717) is 11.4 Å². The summed E-state index contributed by atoms with van der Waals surface area (Å²) in [6, 6.07) is 8.85. The number of benzene rings is 1. The maximum atomic E-state index is 13.8. The van der Waals surface area contributed by atoms with Gasteiger partial charge in [-0.25, -0.2) is 9.67 Å². The second-order valence-corrected chi connectivity index (χ2v) is 9.39. The van der Waals surface area contributed by atoms with Crippen molar-refractivity contribution in [3.8, 4) is 0 Å². The highest BCUT2D eigenvalue weighted by atomic mass is 19.4. The highest BCUT2D eigenvalue weighted by Gasteiger charge is 2.37. The topological polar surface area (TPSA) is 63.1 Å². The summed E-state index contributed by atoms with van der Waals surface area (Å²) in [5, 5.41) is 7.02. The molecule has 0 radical (unpaired) electrons. The average Bonchev–Trinajstić information content (AvgIpc) is 3.60. The zero-order valence-electron chi connectivity index (χ0n) is 19.2. The highest BCUT2D eigenvalue weighted by Crippen LogP contribution is 2.43. The van der Waals surface area contributed by atoms with E-state index in [-0.39, 0.29) is 35.1 Å². The summed E-state index contributed by atoms with van der Waals surface area (Å²) in [5.41, 5.74) is 1.85. The van der Waals surface area contributed by atoms with Crippen LogP contribution in [0.3, 0.4) is 0 Å². The zero-order chi connectivity index (χ0) is 23.9. The van der Waals surface area contributed by atoms with Crippen LogP contribution in [0.25, 0.3) is 11.0 Å². The molecule has 1 N–H and O–H groups in total. The Morgan fingerprint density at radius 3 is 2.47 bits per heavy atom. The number of rotatable bonds is 6. The number of piperidine rings is 1. The predicted octanol–water partition coefficient (Wildman–Crippen LogP) is 5.26. The van der Waals surface area contributed by atoms with E-state index in [1.165, 1.54) is 36.4 Å². The lowest BCUT2D eigenvalue weighted by Crippen LogP contribution is -2.29. The van der Waals surface area contributed by atoms with Gasteiger partial charge >= 0.3 is 6.18 Å². The number of carbonyl (C=O) groups excluding carboxylic acids is 1. The van der Waals surface area contributed by atoms with Gasteiger partial charge in [-0.2, -0.15) is 18.3 Å². The highest BCUT2D eigenvalue weighted by molar-refractivity contribution is 5.92. The van der Waals surface area contributed by atoms with Gasteiger partial charge in [0.1, 0.15) is 6.54 Å². The van der Waals surface area contributed by atoms with Gasteiger partial charge in [-0.3, -0.25) is 9.69 Å². The maximum Gasteiger partial charge on any atom is 0.417 e. The number of nitrogens with one attached hydrogen (secondary N) is 1. The van der Waals surface area contributed by atoms with Gasteiger partial charge in [0, 0.05) is 23.8 Å². The summed E-state index contributed by atoms with van der Waals surface area (Å²) >= 11 is 0. The average molecular weight is 472 g/mol. The molecule has 34 heavy (non-hydrogen) atoms. The minimum Gasteiger partial charge on any atom is -0.324 e. The van der Waals surface area contributed by atoms with Crippen LogP contribution >= 0.6 is 0 Å². The molecule has 1 aliphatic carbocycles. The fourth-order valence-corrected chi connectivity index (χ4v) is 4.70. The number of pyridine rings is 1. The molecule has 3 aromatic rings. The van der Waals surface area contributed by atoms with Crippen LogP contribution in [0.15, 0.2) is 30.3 Å².